The molecular formula is C27H27N3O. The monoisotopic (exact) mass is 409 g/mol. The normalized spacial score (nSPS) is 13.6. The maximum atomic E-state index is 13.0. The van der Waals surface area contributed by atoms with Crippen LogP contribution in [0.25, 0.3) is 11.6 Å². The number of rotatable bonds is 8. The Bertz CT molecular complexity index is 1070. The lowest BCUT2D eigenvalue weighted by Gasteiger charge is -2.24. The van der Waals surface area contributed by atoms with Gasteiger partial charge in [-0.1, -0.05) is 63.1 Å². The lowest BCUT2D eigenvalue weighted by atomic mass is 9.98. The van der Waals surface area contributed by atoms with Crippen LogP contribution in [0.15, 0.2) is 59.7 Å². The fourth-order valence-corrected chi connectivity index (χ4v) is 3.86. The third-order valence-electron chi connectivity index (χ3n) is 5.56. The highest BCUT2D eigenvalue weighted by Crippen LogP contribution is 2.39. The number of fused-ring (bicyclic) bond motifs is 1. The van der Waals surface area contributed by atoms with Crippen molar-refractivity contribution in [2.75, 3.05) is 18.0 Å². The molecule has 2 aromatic rings. The molecule has 0 spiro atoms. The molecule has 3 rings (SSSR count). The van der Waals surface area contributed by atoms with Crippen LogP contribution in [0, 0.1) is 22.7 Å². The minimum Gasteiger partial charge on any atom is -0.372 e. The Morgan fingerprint density at radius 3 is 2.03 bits per heavy atom. The smallest absolute Gasteiger partial charge is 0.194 e. The van der Waals surface area contributed by atoms with Gasteiger partial charge in [0.25, 0.3) is 0 Å². The molecule has 0 bridgehead atoms. The number of hydrogen-bond acceptors (Lipinski definition) is 4. The van der Waals surface area contributed by atoms with Crippen LogP contribution in [0.1, 0.15) is 61.0 Å². The lowest BCUT2D eigenvalue weighted by molar-refractivity contribution is 0.104. The molecule has 0 aromatic heterocycles. The molecule has 4 nitrogen and oxygen atoms in total. The van der Waals surface area contributed by atoms with Gasteiger partial charge >= 0.3 is 0 Å². The van der Waals surface area contributed by atoms with Crippen LogP contribution in [0.2, 0.25) is 0 Å². The van der Waals surface area contributed by atoms with Gasteiger partial charge in [0.1, 0.15) is 17.7 Å². The molecule has 0 amide bonds. The highest BCUT2D eigenvalue weighted by molar-refractivity contribution is 6.29. The zero-order valence-electron chi connectivity index (χ0n) is 18.2. The molecule has 31 heavy (non-hydrogen) atoms. The van der Waals surface area contributed by atoms with E-state index >= 15 is 0 Å². The van der Waals surface area contributed by atoms with E-state index in [1.807, 2.05) is 30.3 Å². The SMILES string of the molecule is CCCCN(CCCC)c1ccc(/C=C2\C(=O)c3ccccc3C2=C(C#N)C#N)cc1. The van der Waals surface area contributed by atoms with Crippen molar-refractivity contribution in [3.63, 3.8) is 0 Å². The molecule has 4 heteroatoms. The van der Waals surface area contributed by atoms with Gasteiger partial charge in [-0.15, -0.1) is 0 Å². The van der Waals surface area contributed by atoms with Crippen molar-refractivity contribution in [1.82, 2.24) is 0 Å². The molecule has 1 aliphatic carbocycles. The van der Waals surface area contributed by atoms with Crippen LogP contribution >= 0.6 is 0 Å². The van der Waals surface area contributed by atoms with E-state index in [0.29, 0.717) is 22.3 Å². The number of Topliss-reactive ketones (excluding diaryl/α,β-unsaturated/α-hetero) is 1. The van der Waals surface area contributed by atoms with Gasteiger partial charge in [-0.2, -0.15) is 10.5 Å². The average Bonchev–Trinajstić information content (AvgIpc) is 3.07. The maximum Gasteiger partial charge on any atom is 0.194 e. The van der Waals surface area contributed by atoms with Crippen molar-refractivity contribution in [3.05, 3.63) is 76.4 Å². The second-order valence-electron chi connectivity index (χ2n) is 7.69. The number of benzene rings is 2. The van der Waals surface area contributed by atoms with Gasteiger partial charge in [0, 0.05) is 35.5 Å². The summed E-state index contributed by atoms with van der Waals surface area (Å²) in [4.78, 5) is 15.4. The Morgan fingerprint density at radius 1 is 0.903 bits per heavy atom. The van der Waals surface area contributed by atoms with Crippen LogP contribution in [-0.4, -0.2) is 18.9 Å². The van der Waals surface area contributed by atoms with Crippen molar-refractivity contribution in [1.29, 1.82) is 10.5 Å². The van der Waals surface area contributed by atoms with Crippen LogP contribution in [-0.2, 0) is 0 Å². The van der Waals surface area contributed by atoms with Gasteiger partial charge in [0.05, 0.1) is 0 Å². The number of nitriles is 2. The van der Waals surface area contributed by atoms with Crippen molar-refractivity contribution in [2.45, 2.75) is 39.5 Å². The lowest BCUT2D eigenvalue weighted by Crippen LogP contribution is -2.25. The summed E-state index contributed by atoms with van der Waals surface area (Å²) >= 11 is 0. The summed E-state index contributed by atoms with van der Waals surface area (Å²) < 4.78 is 0. The summed E-state index contributed by atoms with van der Waals surface area (Å²) in [7, 11) is 0. The highest BCUT2D eigenvalue weighted by Gasteiger charge is 2.32. The van der Waals surface area contributed by atoms with E-state index in [-0.39, 0.29) is 11.4 Å². The first-order valence-electron chi connectivity index (χ1n) is 10.9. The van der Waals surface area contributed by atoms with Crippen LogP contribution in [0.3, 0.4) is 0 Å². The molecule has 0 aliphatic heterocycles. The fraction of sp³-hybridized carbons (Fsp3) is 0.296. The fourth-order valence-electron chi connectivity index (χ4n) is 3.86. The van der Waals surface area contributed by atoms with Crippen molar-refractivity contribution >= 4 is 23.1 Å². The number of unbranched alkanes of at least 4 members (excludes halogenated alkanes) is 2. The second kappa shape index (κ2) is 10.4. The Labute approximate surface area is 184 Å². The molecule has 0 unspecified atom stereocenters. The molecule has 0 N–H and O–H groups in total. The minimum absolute atomic E-state index is 0.0357. The van der Waals surface area contributed by atoms with Gasteiger partial charge < -0.3 is 4.90 Å². The number of carbonyl (C=O) groups excluding carboxylic acids is 1. The first kappa shape index (κ1) is 22.1. The molecule has 0 fully saturated rings. The largest absolute Gasteiger partial charge is 0.372 e. The summed E-state index contributed by atoms with van der Waals surface area (Å²) in [5, 5.41) is 18.9. The third kappa shape index (κ3) is 4.76. The quantitative estimate of drug-likeness (QED) is 0.386. The molecular weight excluding hydrogens is 382 g/mol. The molecule has 2 aromatic carbocycles. The maximum absolute atomic E-state index is 13.0. The van der Waals surface area contributed by atoms with Gasteiger partial charge in [-0.3, -0.25) is 4.79 Å². The number of allylic oxidation sites excluding steroid dienone is 3. The van der Waals surface area contributed by atoms with Crippen LogP contribution < -0.4 is 4.90 Å². The van der Waals surface area contributed by atoms with Gasteiger partial charge in [-0.05, 0) is 42.2 Å². The third-order valence-corrected chi connectivity index (χ3v) is 5.56. The molecule has 0 heterocycles. The van der Waals surface area contributed by atoms with Gasteiger partial charge in [0.2, 0.25) is 0 Å². The van der Waals surface area contributed by atoms with Gasteiger partial charge in [-0.25, -0.2) is 0 Å². The minimum atomic E-state index is -0.148. The predicted octanol–water partition coefficient (Wildman–Crippen LogP) is 6.17. The molecule has 0 saturated heterocycles. The van der Waals surface area contributed by atoms with E-state index in [2.05, 4.69) is 30.9 Å². The highest BCUT2D eigenvalue weighted by atomic mass is 16.1. The number of ketones is 1. The number of carbonyl (C=O) groups is 1. The second-order valence-corrected chi connectivity index (χ2v) is 7.69. The van der Waals surface area contributed by atoms with Gasteiger partial charge in [0.15, 0.2) is 5.78 Å². The Balaban J connectivity index is 1.97. The van der Waals surface area contributed by atoms with Crippen LogP contribution in [0.5, 0.6) is 0 Å². The average molecular weight is 410 g/mol. The topological polar surface area (TPSA) is 67.9 Å². The molecule has 0 radical (unpaired) electrons. The summed E-state index contributed by atoms with van der Waals surface area (Å²) in [5.41, 5.74) is 4.04. The standard InChI is InChI=1S/C27H27N3O/c1-3-5-15-30(16-6-4-2)22-13-11-20(12-14-22)17-25-26(21(18-28)19-29)23-9-7-8-10-24(23)27(25)31/h7-14,17H,3-6,15-16H2,1-2H3/b25-17-. The Hall–Kier alpha value is -3.63. The van der Waals surface area contributed by atoms with Crippen LogP contribution in [0.4, 0.5) is 5.69 Å². The first-order valence-corrected chi connectivity index (χ1v) is 10.9. The van der Waals surface area contributed by atoms with Crippen molar-refractivity contribution < 1.29 is 4.79 Å². The van der Waals surface area contributed by atoms with E-state index in [9.17, 15) is 15.3 Å². The number of hydrogen-bond donors (Lipinski definition) is 0. The molecule has 0 saturated carbocycles. The first-order chi connectivity index (χ1) is 15.1. The molecule has 1 aliphatic rings. The van der Waals surface area contributed by atoms with E-state index in [4.69, 9.17) is 0 Å². The van der Waals surface area contributed by atoms with Crippen molar-refractivity contribution in [2.24, 2.45) is 0 Å². The Kier molecular flexibility index (Phi) is 7.41. The number of anilines is 1. The van der Waals surface area contributed by atoms with E-state index in [0.717, 1.165) is 44.3 Å². The van der Waals surface area contributed by atoms with Crippen molar-refractivity contribution in [3.8, 4) is 12.1 Å². The summed E-state index contributed by atoms with van der Waals surface area (Å²) in [6, 6.07) is 19.2. The van der Waals surface area contributed by atoms with E-state index in [1.54, 1.807) is 24.3 Å². The summed E-state index contributed by atoms with van der Waals surface area (Å²) in [6.07, 6.45) is 6.41. The molecule has 0 atom stereocenters. The number of nitrogens with zero attached hydrogens (tertiary/aromatic N) is 3. The predicted molar refractivity (Wildman–Crippen MR) is 125 cm³/mol. The molecule has 156 valence electrons. The van der Waals surface area contributed by atoms with E-state index in [1.165, 1.54) is 5.69 Å². The summed E-state index contributed by atoms with van der Waals surface area (Å²) in [5.74, 6) is -0.148. The summed E-state index contributed by atoms with van der Waals surface area (Å²) in [6.45, 7) is 6.47. The zero-order valence-corrected chi connectivity index (χ0v) is 18.2. The zero-order chi connectivity index (χ0) is 22.2. The Morgan fingerprint density at radius 2 is 1.48 bits per heavy atom. The van der Waals surface area contributed by atoms with E-state index < -0.39 is 0 Å².